The molecule has 3 aliphatic rings. The average molecular weight is 310 g/mol. The average Bonchev–Trinajstić information content (AvgIpc) is 2.58. The molecule has 0 N–H and O–H groups in total. The largest absolute Gasteiger partial charge is 0.486 e. The molecule has 1 spiro atoms. The third-order valence-electron chi connectivity index (χ3n) is 5.15. The lowest BCUT2D eigenvalue weighted by molar-refractivity contribution is -0.00368. The number of carbonyl (C=O) groups excluding carboxylic acids is 1. The smallest absolute Gasteiger partial charge is 0.170 e. The second kappa shape index (κ2) is 5.60. The highest BCUT2D eigenvalue weighted by Gasteiger charge is 2.42. The number of carbonyl (C=O) groups is 1. The molecule has 4 rings (SSSR count). The van der Waals surface area contributed by atoms with E-state index in [0.29, 0.717) is 12.0 Å². The molecule has 0 unspecified atom stereocenters. The van der Waals surface area contributed by atoms with Gasteiger partial charge in [0.25, 0.3) is 0 Å². The van der Waals surface area contributed by atoms with Crippen molar-refractivity contribution in [1.29, 1.82) is 0 Å². The summed E-state index contributed by atoms with van der Waals surface area (Å²) in [6.07, 6.45) is 8.43. The number of ether oxygens (including phenoxy) is 1. The van der Waals surface area contributed by atoms with Crippen LogP contribution in [-0.2, 0) is 0 Å². The Bertz CT molecular complexity index is 697. The molecule has 0 bridgehead atoms. The van der Waals surface area contributed by atoms with Gasteiger partial charge in [0.1, 0.15) is 11.4 Å². The molecule has 0 radical (unpaired) electrons. The zero-order valence-corrected chi connectivity index (χ0v) is 13.5. The number of hydrogen-bond donors (Lipinski definition) is 0. The van der Waals surface area contributed by atoms with E-state index in [0.717, 1.165) is 55.8 Å². The number of allylic oxidation sites excluding steroid dienone is 1. The molecule has 0 amide bonds. The predicted octanol–water partition coefficient (Wildman–Crippen LogP) is 3.32. The molecule has 3 heterocycles. The van der Waals surface area contributed by atoms with Crippen LogP contribution >= 0.6 is 0 Å². The summed E-state index contributed by atoms with van der Waals surface area (Å²) in [5, 5.41) is 0. The number of nitrogens with zero attached hydrogens (tertiary/aromatic N) is 2. The Labute approximate surface area is 136 Å². The maximum atomic E-state index is 12.7. The Kier molecular flexibility index (Phi) is 3.57. The third kappa shape index (κ3) is 2.72. The van der Waals surface area contributed by atoms with Gasteiger partial charge >= 0.3 is 0 Å². The summed E-state index contributed by atoms with van der Waals surface area (Å²) in [7, 11) is 2.12. The van der Waals surface area contributed by atoms with E-state index in [4.69, 9.17) is 4.74 Å². The van der Waals surface area contributed by atoms with Crippen LogP contribution in [0.4, 0.5) is 0 Å². The van der Waals surface area contributed by atoms with E-state index < -0.39 is 0 Å². The van der Waals surface area contributed by atoms with Gasteiger partial charge in [-0.3, -0.25) is 9.79 Å². The second-order valence-corrected chi connectivity index (χ2v) is 6.88. The van der Waals surface area contributed by atoms with E-state index in [1.54, 1.807) is 0 Å². The highest BCUT2D eigenvalue weighted by Crippen LogP contribution is 2.40. The molecule has 3 aliphatic heterocycles. The zero-order valence-electron chi connectivity index (χ0n) is 13.5. The molecule has 0 aliphatic carbocycles. The fraction of sp³-hybridized carbons (Fsp3) is 0.474. The number of Topliss-reactive ketones (excluding diaryl/α,β-unsaturated/α-hetero) is 1. The minimum Gasteiger partial charge on any atom is -0.486 e. The van der Waals surface area contributed by atoms with Gasteiger partial charge in [0.2, 0.25) is 0 Å². The van der Waals surface area contributed by atoms with Gasteiger partial charge in [-0.1, -0.05) is 6.08 Å². The Balaban J connectivity index is 1.64. The Morgan fingerprint density at radius 2 is 2.04 bits per heavy atom. The molecule has 1 aromatic carbocycles. The summed E-state index contributed by atoms with van der Waals surface area (Å²) in [6, 6.07) is 5.93. The lowest BCUT2D eigenvalue weighted by Gasteiger charge is -2.43. The van der Waals surface area contributed by atoms with E-state index >= 15 is 0 Å². The van der Waals surface area contributed by atoms with Gasteiger partial charge in [0.15, 0.2) is 5.78 Å². The Morgan fingerprint density at radius 1 is 1.22 bits per heavy atom. The van der Waals surface area contributed by atoms with Gasteiger partial charge in [-0.25, -0.2) is 0 Å². The van der Waals surface area contributed by atoms with Gasteiger partial charge in [-0.05, 0) is 38.1 Å². The predicted molar refractivity (Wildman–Crippen MR) is 91.2 cm³/mol. The van der Waals surface area contributed by atoms with Crippen molar-refractivity contribution >= 4 is 17.7 Å². The van der Waals surface area contributed by atoms with Crippen molar-refractivity contribution in [2.24, 2.45) is 4.99 Å². The molecular weight excluding hydrogens is 288 g/mol. The molecular formula is C19H22N2O2. The number of ketones is 1. The third-order valence-corrected chi connectivity index (χ3v) is 5.15. The van der Waals surface area contributed by atoms with Gasteiger partial charge in [-0.15, -0.1) is 0 Å². The zero-order chi connectivity index (χ0) is 15.9. The first-order valence-corrected chi connectivity index (χ1v) is 8.43. The molecule has 1 fully saturated rings. The fourth-order valence-corrected chi connectivity index (χ4v) is 3.66. The maximum absolute atomic E-state index is 12.7. The molecule has 23 heavy (non-hydrogen) atoms. The first-order chi connectivity index (χ1) is 11.2. The van der Waals surface area contributed by atoms with Gasteiger partial charge in [-0.2, -0.15) is 0 Å². The minimum atomic E-state index is -0.291. The highest BCUT2D eigenvalue weighted by molar-refractivity contribution is 6.01. The van der Waals surface area contributed by atoms with E-state index in [2.05, 4.69) is 23.0 Å². The number of fused-ring (bicyclic) bond motifs is 1. The normalized spacial score (nSPS) is 23.3. The van der Waals surface area contributed by atoms with Crippen LogP contribution in [0, 0.1) is 0 Å². The summed E-state index contributed by atoms with van der Waals surface area (Å²) in [5.74, 6) is 0.952. The molecule has 120 valence electrons. The number of aliphatic imine (C=N–C) groups is 1. The maximum Gasteiger partial charge on any atom is 0.170 e. The topological polar surface area (TPSA) is 41.9 Å². The molecule has 4 nitrogen and oxygen atoms in total. The number of hydrogen-bond acceptors (Lipinski definition) is 4. The van der Waals surface area contributed by atoms with Crippen molar-refractivity contribution in [3.05, 3.63) is 35.4 Å². The molecule has 0 aromatic heterocycles. The lowest BCUT2D eigenvalue weighted by Crippen LogP contribution is -2.50. The monoisotopic (exact) mass is 310 g/mol. The summed E-state index contributed by atoms with van der Waals surface area (Å²) >= 11 is 0. The number of piperidine rings is 1. The molecule has 0 saturated carbocycles. The van der Waals surface area contributed by atoms with Crippen LogP contribution in [0.15, 0.2) is 29.3 Å². The van der Waals surface area contributed by atoms with Crippen LogP contribution in [0.3, 0.4) is 0 Å². The fourth-order valence-electron chi connectivity index (χ4n) is 3.66. The van der Waals surface area contributed by atoms with Gasteiger partial charge in [0, 0.05) is 37.7 Å². The van der Waals surface area contributed by atoms with Crippen molar-refractivity contribution in [2.45, 2.75) is 37.7 Å². The van der Waals surface area contributed by atoms with Crippen molar-refractivity contribution in [3.8, 4) is 5.75 Å². The van der Waals surface area contributed by atoms with Crippen LogP contribution in [-0.4, -0.2) is 42.6 Å². The molecule has 4 heteroatoms. The van der Waals surface area contributed by atoms with E-state index in [-0.39, 0.29) is 11.4 Å². The van der Waals surface area contributed by atoms with Crippen molar-refractivity contribution in [1.82, 2.24) is 4.90 Å². The summed E-state index contributed by atoms with van der Waals surface area (Å²) in [5.41, 5.74) is 2.40. The van der Waals surface area contributed by atoms with E-state index in [1.165, 1.54) is 0 Å². The van der Waals surface area contributed by atoms with Gasteiger partial charge < -0.3 is 9.64 Å². The lowest BCUT2D eigenvalue weighted by atomic mass is 9.82. The second-order valence-electron chi connectivity index (χ2n) is 6.88. The van der Waals surface area contributed by atoms with Crippen LogP contribution in [0.5, 0.6) is 5.75 Å². The van der Waals surface area contributed by atoms with E-state index in [1.807, 2.05) is 24.4 Å². The van der Waals surface area contributed by atoms with E-state index in [9.17, 15) is 4.79 Å². The first-order valence-electron chi connectivity index (χ1n) is 8.43. The minimum absolute atomic E-state index is 0.207. The SMILES string of the molecule is CN1CCC2(CC1)CC(=O)c1cc(C3=CCCC=N3)ccc1O2. The number of likely N-dealkylation sites (tertiary alicyclic amines) is 1. The highest BCUT2D eigenvalue weighted by atomic mass is 16.5. The first kappa shape index (κ1) is 14.6. The molecule has 1 aromatic rings. The van der Waals surface area contributed by atoms with Crippen molar-refractivity contribution < 1.29 is 9.53 Å². The van der Waals surface area contributed by atoms with Crippen LogP contribution in [0.1, 0.15) is 48.0 Å². The summed E-state index contributed by atoms with van der Waals surface area (Å²) in [4.78, 5) is 19.5. The Morgan fingerprint density at radius 3 is 2.78 bits per heavy atom. The Hall–Kier alpha value is -1.94. The van der Waals surface area contributed by atoms with Crippen LogP contribution in [0.25, 0.3) is 5.70 Å². The molecule has 1 saturated heterocycles. The number of benzene rings is 1. The van der Waals surface area contributed by atoms with Gasteiger partial charge in [0.05, 0.1) is 17.7 Å². The van der Waals surface area contributed by atoms with Crippen LogP contribution < -0.4 is 4.74 Å². The number of rotatable bonds is 1. The standard InChI is InChI=1S/C19H22N2O2/c1-21-10-7-19(8-11-21)13-17(22)15-12-14(5-6-18(15)23-19)16-4-2-3-9-20-16/h4-6,9,12H,2-3,7-8,10-11,13H2,1H3. The van der Waals surface area contributed by atoms with Crippen molar-refractivity contribution in [2.75, 3.05) is 20.1 Å². The summed E-state index contributed by atoms with van der Waals surface area (Å²) in [6.45, 7) is 1.98. The van der Waals surface area contributed by atoms with Crippen LogP contribution in [0.2, 0.25) is 0 Å². The van der Waals surface area contributed by atoms with Crippen molar-refractivity contribution in [3.63, 3.8) is 0 Å². The molecule has 0 atom stereocenters. The quantitative estimate of drug-likeness (QED) is 0.799. The summed E-state index contributed by atoms with van der Waals surface area (Å²) < 4.78 is 6.32.